The topological polar surface area (TPSA) is 71.7 Å². The maximum Gasteiger partial charge on any atom is 0.287 e. The molecule has 0 aliphatic heterocycles. The predicted octanol–water partition coefficient (Wildman–Crippen LogP) is 3.49. The lowest BCUT2D eigenvalue weighted by atomic mass is 10.1. The number of furan rings is 1. The van der Waals surface area contributed by atoms with E-state index in [-0.39, 0.29) is 17.9 Å². The normalized spacial score (nSPS) is 12.2. The number of aryl methyl sites for hydroxylation is 1. The van der Waals surface area contributed by atoms with Gasteiger partial charge in [0.25, 0.3) is 5.91 Å². The first-order valence-corrected chi connectivity index (χ1v) is 7.89. The quantitative estimate of drug-likeness (QED) is 0.730. The molecule has 0 bridgehead atoms. The Morgan fingerprint density at radius 1 is 1.23 bits per heavy atom. The van der Waals surface area contributed by atoms with Crippen molar-refractivity contribution in [3.05, 3.63) is 64.9 Å². The van der Waals surface area contributed by atoms with E-state index in [2.05, 4.69) is 5.32 Å². The fraction of sp³-hybridized carbons (Fsp3) is 0.211. The summed E-state index contributed by atoms with van der Waals surface area (Å²) in [6.45, 7) is 1.57. The minimum absolute atomic E-state index is 0.116. The zero-order valence-corrected chi connectivity index (χ0v) is 14.2. The number of nitrogens with one attached hydrogen (secondary N) is 1. The molecule has 0 saturated heterocycles. The highest BCUT2D eigenvalue weighted by Crippen LogP contribution is 2.28. The number of aliphatic hydroxyl groups excluding tert-OH is 1. The van der Waals surface area contributed by atoms with E-state index in [1.807, 2.05) is 0 Å². The van der Waals surface area contributed by atoms with Crippen molar-refractivity contribution in [3.8, 4) is 5.75 Å². The average molecular weight is 361 g/mol. The number of carbonyl (C=O) groups excluding carboxylic acids is 1. The predicted molar refractivity (Wildman–Crippen MR) is 91.2 cm³/mol. The van der Waals surface area contributed by atoms with Gasteiger partial charge in [0, 0.05) is 17.5 Å². The molecule has 0 aliphatic rings. The van der Waals surface area contributed by atoms with Crippen LogP contribution in [0.15, 0.2) is 40.8 Å². The molecule has 0 saturated carbocycles. The number of fused-ring (bicyclic) bond motifs is 1. The van der Waals surface area contributed by atoms with Crippen molar-refractivity contribution >= 4 is 16.9 Å². The van der Waals surface area contributed by atoms with Crippen molar-refractivity contribution in [2.75, 3.05) is 13.7 Å². The number of aliphatic hydroxyl groups is 1. The summed E-state index contributed by atoms with van der Waals surface area (Å²) in [7, 11) is 1.55. The van der Waals surface area contributed by atoms with Crippen LogP contribution in [0.25, 0.3) is 11.0 Å². The molecular formula is C19H17F2NO4. The lowest BCUT2D eigenvalue weighted by molar-refractivity contribution is 0.0890. The van der Waals surface area contributed by atoms with Gasteiger partial charge in [-0.1, -0.05) is 6.07 Å². The second kappa shape index (κ2) is 7.13. The van der Waals surface area contributed by atoms with Gasteiger partial charge in [0.1, 0.15) is 11.3 Å². The number of ether oxygens (including phenoxy) is 1. The largest absolute Gasteiger partial charge is 0.497 e. The summed E-state index contributed by atoms with van der Waals surface area (Å²) in [4.78, 5) is 12.4. The van der Waals surface area contributed by atoms with Gasteiger partial charge in [-0.2, -0.15) is 0 Å². The highest BCUT2D eigenvalue weighted by molar-refractivity contribution is 5.99. The SMILES string of the molecule is COc1ccc2oc(C(=O)NC[C@@H](O)c3ccc(F)c(F)c3)c(C)c2c1. The van der Waals surface area contributed by atoms with Crippen LogP contribution in [-0.4, -0.2) is 24.7 Å². The first kappa shape index (κ1) is 17.9. The lowest BCUT2D eigenvalue weighted by Gasteiger charge is -2.12. The van der Waals surface area contributed by atoms with Gasteiger partial charge in [0.15, 0.2) is 17.4 Å². The van der Waals surface area contributed by atoms with Crippen LogP contribution in [0.5, 0.6) is 5.75 Å². The maximum absolute atomic E-state index is 13.2. The first-order chi connectivity index (χ1) is 12.4. The van der Waals surface area contributed by atoms with Crippen LogP contribution >= 0.6 is 0 Å². The van der Waals surface area contributed by atoms with Gasteiger partial charge in [-0.3, -0.25) is 4.79 Å². The molecule has 0 spiro atoms. The first-order valence-electron chi connectivity index (χ1n) is 7.89. The van der Waals surface area contributed by atoms with Crippen molar-refractivity contribution in [1.29, 1.82) is 0 Å². The van der Waals surface area contributed by atoms with Crippen LogP contribution < -0.4 is 10.1 Å². The fourth-order valence-corrected chi connectivity index (χ4v) is 2.65. The molecule has 1 amide bonds. The molecule has 0 radical (unpaired) electrons. The summed E-state index contributed by atoms with van der Waals surface area (Å²) in [6, 6.07) is 8.26. The van der Waals surface area contributed by atoms with Crippen LogP contribution in [0.2, 0.25) is 0 Å². The fourth-order valence-electron chi connectivity index (χ4n) is 2.65. The molecular weight excluding hydrogens is 344 g/mol. The zero-order chi connectivity index (χ0) is 18.8. The molecule has 3 aromatic rings. The summed E-state index contributed by atoms with van der Waals surface area (Å²) in [5.41, 5.74) is 1.34. The van der Waals surface area contributed by atoms with Gasteiger partial charge in [-0.05, 0) is 42.8 Å². The van der Waals surface area contributed by atoms with Crippen molar-refractivity contribution in [2.24, 2.45) is 0 Å². The molecule has 0 fully saturated rings. The number of methoxy groups -OCH3 is 1. The Morgan fingerprint density at radius 3 is 2.69 bits per heavy atom. The summed E-state index contributed by atoms with van der Waals surface area (Å²) in [5, 5.41) is 13.3. The molecule has 136 valence electrons. The molecule has 5 nitrogen and oxygen atoms in total. The van der Waals surface area contributed by atoms with Crippen molar-refractivity contribution in [1.82, 2.24) is 5.32 Å². The van der Waals surface area contributed by atoms with Crippen LogP contribution in [-0.2, 0) is 0 Å². The molecule has 26 heavy (non-hydrogen) atoms. The highest BCUT2D eigenvalue weighted by Gasteiger charge is 2.19. The van der Waals surface area contributed by atoms with E-state index in [0.717, 1.165) is 17.5 Å². The smallest absolute Gasteiger partial charge is 0.287 e. The maximum atomic E-state index is 13.2. The molecule has 3 rings (SSSR count). The Labute approximate surface area is 148 Å². The second-order valence-corrected chi connectivity index (χ2v) is 5.82. The molecule has 1 heterocycles. The standard InChI is InChI=1S/C19H17F2NO4/c1-10-13-8-12(25-2)4-6-17(13)26-18(10)19(24)22-9-16(23)11-3-5-14(20)15(21)7-11/h3-8,16,23H,9H2,1-2H3,(H,22,24)/t16-/m1/s1. The summed E-state index contributed by atoms with van der Waals surface area (Å²) < 4.78 is 36.9. The molecule has 0 unspecified atom stereocenters. The monoisotopic (exact) mass is 361 g/mol. The van der Waals surface area contributed by atoms with Gasteiger partial charge < -0.3 is 19.6 Å². The molecule has 2 N–H and O–H groups in total. The number of amides is 1. The van der Waals surface area contributed by atoms with Gasteiger partial charge in [0.05, 0.1) is 13.2 Å². The van der Waals surface area contributed by atoms with Gasteiger partial charge in [-0.15, -0.1) is 0 Å². The van der Waals surface area contributed by atoms with Crippen LogP contribution in [0.3, 0.4) is 0 Å². The Hall–Kier alpha value is -2.93. The zero-order valence-electron chi connectivity index (χ0n) is 14.2. The van der Waals surface area contributed by atoms with Crippen LogP contribution in [0.1, 0.15) is 27.8 Å². The average Bonchev–Trinajstić information content (AvgIpc) is 2.97. The van der Waals surface area contributed by atoms with Crippen molar-refractivity contribution in [2.45, 2.75) is 13.0 Å². The third-order valence-corrected chi connectivity index (χ3v) is 4.13. The number of benzene rings is 2. The van der Waals surface area contributed by atoms with Crippen LogP contribution in [0.4, 0.5) is 8.78 Å². The minimum Gasteiger partial charge on any atom is -0.497 e. The Balaban J connectivity index is 1.74. The number of halogens is 2. The Kier molecular flexibility index (Phi) is 4.90. The highest BCUT2D eigenvalue weighted by atomic mass is 19.2. The van der Waals surface area contributed by atoms with E-state index >= 15 is 0 Å². The van der Waals surface area contributed by atoms with E-state index in [9.17, 15) is 18.7 Å². The summed E-state index contributed by atoms with van der Waals surface area (Å²) in [6.07, 6.45) is -1.18. The number of rotatable bonds is 5. The van der Waals surface area contributed by atoms with Gasteiger partial charge in [0.2, 0.25) is 0 Å². The second-order valence-electron chi connectivity index (χ2n) is 5.82. The summed E-state index contributed by atoms with van der Waals surface area (Å²) >= 11 is 0. The van der Waals surface area contributed by atoms with Crippen LogP contribution in [0, 0.1) is 18.6 Å². The van der Waals surface area contributed by atoms with E-state index in [4.69, 9.17) is 9.15 Å². The van der Waals surface area contributed by atoms with Crippen molar-refractivity contribution < 1.29 is 27.8 Å². The molecule has 7 heteroatoms. The van der Waals surface area contributed by atoms with Crippen molar-refractivity contribution in [3.63, 3.8) is 0 Å². The third-order valence-electron chi connectivity index (χ3n) is 4.13. The molecule has 0 aliphatic carbocycles. The number of hydrogen-bond acceptors (Lipinski definition) is 4. The number of carbonyl (C=O) groups is 1. The van der Waals surface area contributed by atoms with E-state index < -0.39 is 23.6 Å². The van der Waals surface area contributed by atoms with E-state index in [0.29, 0.717) is 16.9 Å². The van der Waals surface area contributed by atoms with Gasteiger partial charge >= 0.3 is 0 Å². The Morgan fingerprint density at radius 2 is 2.00 bits per heavy atom. The molecule has 1 atom stereocenters. The molecule has 1 aromatic heterocycles. The molecule has 2 aromatic carbocycles. The third kappa shape index (κ3) is 3.39. The van der Waals surface area contributed by atoms with E-state index in [1.54, 1.807) is 32.2 Å². The lowest BCUT2D eigenvalue weighted by Crippen LogP contribution is -2.28. The minimum atomic E-state index is -1.18. The Bertz CT molecular complexity index is 968. The van der Waals surface area contributed by atoms with Gasteiger partial charge in [-0.25, -0.2) is 8.78 Å². The number of hydrogen-bond donors (Lipinski definition) is 2. The van der Waals surface area contributed by atoms with E-state index in [1.165, 1.54) is 6.07 Å². The summed E-state index contributed by atoms with van der Waals surface area (Å²) in [5.74, 6) is -1.82.